The van der Waals surface area contributed by atoms with Crippen LogP contribution in [0, 0.1) is 6.92 Å². The molecule has 1 aromatic rings. The Labute approximate surface area is 79.8 Å². The molecule has 0 radical (unpaired) electrons. The van der Waals surface area contributed by atoms with Gasteiger partial charge in [-0.1, -0.05) is 29.8 Å². The van der Waals surface area contributed by atoms with E-state index in [2.05, 4.69) is 36.3 Å². The molecule has 0 atom stereocenters. The van der Waals surface area contributed by atoms with E-state index in [0.717, 1.165) is 0 Å². The molecule has 0 aromatic heterocycles. The molecule has 0 saturated heterocycles. The molecule has 1 rings (SSSR count). The fourth-order valence-corrected chi connectivity index (χ4v) is 1.55. The zero-order valence-electron chi connectivity index (χ0n) is 8.37. The van der Waals surface area contributed by atoms with Crippen molar-refractivity contribution >= 4 is 7.29 Å². The van der Waals surface area contributed by atoms with Gasteiger partial charge in [-0.25, -0.2) is 0 Å². The number of benzene rings is 1. The van der Waals surface area contributed by atoms with Crippen LogP contribution in [-0.4, -0.2) is 13.3 Å². The Morgan fingerprint density at radius 2 is 1.77 bits per heavy atom. The van der Waals surface area contributed by atoms with Crippen molar-refractivity contribution in [3.63, 3.8) is 0 Å². The monoisotopic (exact) mass is 197 g/mol. The van der Waals surface area contributed by atoms with E-state index in [9.17, 15) is 4.57 Å². The molecule has 0 heterocycles. The Morgan fingerprint density at radius 1 is 1.23 bits per heavy atom. The van der Waals surface area contributed by atoms with E-state index in [1.54, 1.807) is 13.3 Å². The number of nitrogens with one attached hydrogen (secondary N) is 1. The first-order chi connectivity index (χ1) is 5.97. The second kappa shape index (κ2) is 4.08. The lowest BCUT2D eigenvalue weighted by atomic mass is 10.2. The Balaban J connectivity index is 2.56. The van der Waals surface area contributed by atoms with Gasteiger partial charge in [-0.05, 0) is 12.5 Å². The van der Waals surface area contributed by atoms with E-state index in [-0.39, 0.29) is 0 Å². The van der Waals surface area contributed by atoms with Gasteiger partial charge in [-0.2, -0.15) is 0 Å². The summed E-state index contributed by atoms with van der Waals surface area (Å²) in [5.74, 6) is 0. The summed E-state index contributed by atoms with van der Waals surface area (Å²) in [7, 11) is -2.09. The summed E-state index contributed by atoms with van der Waals surface area (Å²) in [6, 6.07) is 8.23. The van der Waals surface area contributed by atoms with Crippen LogP contribution in [0.5, 0.6) is 0 Å². The molecule has 3 heteroatoms. The van der Waals surface area contributed by atoms with E-state index in [1.165, 1.54) is 11.1 Å². The largest absolute Gasteiger partial charge is 0.307 e. The van der Waals surface area contributed by atoms with E-state index >= 15 is 0 Å². The number of hydrogen-bond donors (Lipinski definition) is 1. The van der Waals surface area contributed by atoms with Crippen LogP contribution in [0.15, 0.2) is 24.3 Å². The first kappa shape index (κ1) is 10.5. The van der Waals surface area contributed by atoms with Crippen molar-refractivity contribution in [1.29, 1.82) is 0 Å². The maximum atomic E-state index is 11.3. The minimum Gasteiger partial charge on any atom is -0.307 e. The van der Waals surface area contributed by atoms with Crippen LogP contribution in [0.1, 0.15) is 11.1 Å². The topological polar surface area (TPSA) is 29.1 Å². The third-order valence-electron chi connectivity index (χ3n) is 1.78. The second-order valence-corrected chi connectivity index (χ2v) is 6.69. The smallest absolute Gasteiger partial charge is 0.142 e. The van der Waals surface area contributed by atoms with Crippen LogP contribution in [0.4, 0.5) is 0 Å². The van der Waals surface area contributed by atoms with Crippen molar-refractivity contribution < 1.29 is 4.57 Å². The molecule has 0 amide bonds. The molecule has 0 aliphatic rings. The summed E-state index contributed by atoms with van der Waals surface area (Å²) in [6.45, 7) is 6.22. The molecule has 0 aliphatic carbocycles. The lowest BCUT2D eigenvalue weighted by Gasteiger charge is -2.08. The third kappa shape index (κ3) is 4.25. The standard InChI is InChI=1S/C10H16NOP/c1-9-4-6-10(7-5-9)8-11-13(2,3)12/h4-7H,8H2,1-3H3,(H,11,12). The van der Waals surface area contributed by atoms with Gasteiger partial charge in [0.2, 0.25) is 0 Å². The summed E-state index contributed by atoms with van der Waals surface area (Å²) >= 11 is 0. The lowest BCUT2D eigenvalue weighted by molar-refractivity contribution is 0.572. The average Bonchev–Trinajstić information content (AvgIpc) is 2.02. The summed E-state index contributed by atoms with van der Waals surface area (Å²) in [4.78, 5) is 0. The Hall–Kier alpha value is -0.590. The van der Waals surface area contributed by atoms with Crippen molar-refractivity contribution in [2.24, 2.45) is 0 Å². The van der Waals surface area contributed by atoms with Crippen molar-refractivity contribution in [3.8, 4) is 0 Å². The molecule has 72 valence electrons. The van der Waals surface area contributed by atoms with Crippen LogP contribution in [0.2, 0.25) is 0 Å². The zero-order chi connectivity index (χ0) is 9.90. The van der Waals surface area contributed by atoms with Crippen molar-refractivity contribution in [2.45, 2.75) is 13.5 Å². The molecule has 0 unspecified atom stereocenters. The van der Waals surface area contributed by atoms with Crippen molar-refractivity contribution in [3.05, 3.63) is 35.4 Å². The molecular weight excluding hydrogens is 181 g/mol. The van der Waals surface area contributed by atoms with Gasteiger partial charge in [-0.3, -0.25) is 5.09 Å². The Kier molecular flexibility index (Phi) is 3.29. The number of aryl methyl sites for hydroxylation is 1. The molecular formula is C10H16NOP. The maximum absolute atomic E-state index is 11.3. The molecule has 1 N–H and O–H groups in total. The fourth-order valence-electron chi connectivity index (χ4n) is 0.988. The van der Waals surface area contributed by atoms with Gasteiger partial charge >= 0.3 is 0 Å². The van der Waals surface area contributed by atoms with Crippen LogP contribution in [0.25, 0.3) is 0 Å². The van der Waals surface area contributed by atoms with Gasteiger partial charge in [-0.15, -0.1) is 0 Å². The highest BCUT2D eigenvalue weighted by molar-refractivity contribution is 7.60. The molecule has 0 aliphatic heterocycles. The van der Waals surface area contributed by atoms with E-state index < -0.39 is 7.29 Å². The third-order valence-corrected chi connectivity index (χ3v) is 2.70. The predicted molar refractivity (Wildman–Crippen MR) is 57.5 cm³/mol. The SMILES string of the molecule is Cc1ccc(CNP(C)(C)=O)cc1. The molecule has 0 fully saturated rings. The minimum absolute atomic E-state index is 0.685. The van der Waals surface area contributed by atoms with E-state index in [0.29, 0.717) is 6.54 Å². The van der Waals surface area contributed by atoms with Crippen LogP contribution in [0.3, 0.4) is 0 Å². The van der Waals surface area contributed by atoms with E-state index in [4.69, 9.17) is 0 Å². The Morgan fingerprint density at radius 3 is 2.23 bits per heavy atom. The van der Waals surface area contributed by atoms with Crippen LogP contribution < -0.4 is 5.09 Å². The first-order valence-electron chi connectivity index (χ1n) is 4.33. The van der Waals surface area contributed by atoms with Gasteiger partial charge in [0.15, 0.2) is 0 Å². The lowest BCUT2D eigenvalue weighted by Crippen LogP contribution is -2.07. The molecule has 13 heavy (non-hydrogen) atoms. The fraction of sp³-hybridized carbons (Fsp3) is 0.400. The molecule has 1 aromatic carbocycles. The summed E-state index contributed by atoms with van der Waals surface area (Å²) < 4.78 is 11.3. The Bertz CT molecular complexity index is 312. The predicted octanol–water partition coefficient (Wildman–Crippen LogP) is 2.62. The van der Waals surface area contributed by atoms with E-state index in [1.807, 2.05) is 0 Å². The van der Waals surface area contributed by atoms with Crippen molar-refractivity contribution in [2.75, 3.05) is 13.3 Å². The molecule has 0 bridgehead atoms. The van der Waals surface area contributed by atoms with Gasteiger partial charge in [0, 0.05) is 19.9 Å². The summed E-state index contributed by atoms with van der Waals surface area (Å²) in [5, 5.41) is 3.01. The highest BCUT2D eigenvalue weighted by Crippen LogP contribution is 2.30. The van der Waals surface area contributed by atoms with Gasteiger partial charge in [0.05, 0.1) is 0 Å². The highest BCUT2D eigenvalue weighted by Gasteiger charge is 2.04. The quantitative estimate of drug-likeness (QED) is 0.754. The summed E-state index contributed by atoms with van der Waals surface area (Å²) in [6.07, 6.45) is 0. The van der Waals surface area contributed by atoms with Gasteiger partial charge in [0.1, 0.15) is 7.29 Å². The molecule has 2 nitrogen and oxygen atoms in total. The second-order valence-electron chi connectivity index (χ2n) is 3.67. The van der Waals surface area contributed by atoms with Gasteiger partial charge < -0.3 is 4.57 Å². The van der Waals surface area contributed by atoms with Crippen LogP contribution >= 0.6 is 7.29 Å². The zero-order valence-corrected chi connectivity index (χ0v) is 9.27. The first-order valence-corrected chi connectivity index (χ1v) is 6.93. The van der Waals surface area contributed by atoms with Crippen LogP contribution in [-0.2, 0) is 11.1 Å². The minimum atomic E-state index is -2.09. The maximum Gasteiger partial charge on any atom is 0.142 e. The number of hydrogen-bond acceptors (Lipinski definition) is 1. The number of rotatable bonds is 3. The normalized spacial score (nSPS) is 11.6. The molecule has 0 spiro atoms. The average molecular weight is 197 g/mol. The molecule has 0 saturated carbocycles. The van der Waals surface area contributed by atoms with Crippen molar-refractivity contribution in [1.82, 2.24) is 5.09 Å². The summed E-state index contributed by atoms with van der Waals surface area (Å²) in [5.41, 5.74) is 2.43. The highest BCUT2D eigenvalue weighted by atomic mass is 31.2. The van der Waals surface area contributed by atoms with Gasteiger partial charge in [0.25, 0.3) is 0 Å².